The van der Waals surface area contributed by atoms with Gasteiger partial charge in [0.15, 0.2) is 5.11 Å². The Labute approximate surface area is 169 Å². The summed E-state index contributed by atoms with van der Waals surface area (Å²) in [6, 6.07) is 18.8. The van der Waals surface area contributed by atoms with E-state index in [1.54, 1.807) is 24.4 Å². The van der Waals surface area contributed by atoms with E-state index in [2.05, 4.69) is 15.8 Å². The fraction of sp³-hybridized carbons (Fsp3) is 0.136. The molecule has 5 nitrogen and oxygen atoms in total. The number of hydrazone groups is 1. The van der Waals surface area contributed by atoms with E-state index in [1.807, 2.05) is 56.3 Å². The second-order valence-corrected chi connectivity index (χ2v) is 6.60. The van der Waals surface area contributed by atoms with E-state index < -0.39 is 5.97 Å². The Morgan fingerprint density at radius 3 is 2.75 bits per heavy atom. The Morgan fingerprint density at radius 2 is 1.96 bits per heavy atom. The van der Waals surface area contributed by atoms with Crippen molar-refractivity contribution in [1.82, 2.24) is 10.7 Å². The van der Waals surface area contributed by atoms with Crippen molar-refractivity contribution in [2.45, 2.75) is 13.8 Å². The Morgan fingerprint density at radius 1 is 1.14 bits per heavy atom. The minimum absolute atomic E-state index is 0.412. The summed E-state index contributed by atoms with van der Waals surface area (Å²) in [7, 11) is 0. The van der Waals surface area contributed by atoms with Crippen LogP contribution in [0.2, 0.25) is 0 Å². The van der Waals surface area contributed by atoms with Crippen molar-refractivity contribution in [3.05, 3.63) is 77.4 Å². The summed E-state index contributed by atoms with van der Waals surface area (Å²) >= 11 is 5.12. The van der Waals surface area contributed by atoms with Crippen molar-refractivity contribution >= 4 is 40.3 Å². The lowest BCUT2D eigenvalue weighted by molar-refractivity contribution is 0.0734. The zero-order valence-electron chi connectivity index (χ0n) is 15.7. The number of nitrogens with one attached hydrogen (secondary N) is 2. The smallest absolute Gasteiger partial charge is 0.343 e. The normalized spacial score (nSPS) is 10.8. The third-order valence-electron chi connectivity index (χ3n) is 4.08. The van der Waals surface area contributed by atoms with Gasteiger partial charge in [0.05, 0.1) is 11.8 Å². The molecular weight excluding hydrogens is 370 g/mol. The van der Waals surface area contributed by atoms with E-state index in [-0.39, 0.29) is 0 Å². The molecule has 28 heavy (non-hydrogen) atoms. The first kappa shape index (κ1) is 19.5. The van der Waals surface area contributed by atoms with Crippen LogP contribution in [-0.4, -0.2) is 23.8 Å². The highest BCUT2D eigenvalue weighted by atomic mass is 32.1. The molecule has 0 spiro atoms. The summed E-state index contributed by atoms with van der Waals surface area (Å²) in [5.74, 6) is 0.0230. The van der Waals surface area contributed by atoms with Crippen LogP contribution in [0.25, 0.3) is 10.8 Å². The summed E-state index contributed by atoms with van der Waals surface area (Å²) in [6.45, 7) is 4.59. The molecule has 0 atom stereocenters. The maximum absolute atomic E-state index is 12.6. The Kier molecular flexibility index (Phi) is 6.34. The summed E-state index contributed by atoms with van der Waals surface area (Å²) in [4.78, 5) is 12.6. The zero-order valence-corrected chi connectivity index (χ0v) is 16.5. The molecule has 0 aliphatic heterocycles. The molecule has 3 rings (SSSR count). The Bertz CT molecular complexity index is 1050. The number of carbonyl (C=O) groups excluding carboxylic acids is 1. The molecule has 0 aliphatic rings. The van der Waals surface area contributed by atoms with E-state index in [9.17, 15) is 4.79 Å². The van der Waals surface area contributed by atoms with Crippen LogP contribution in [0.3, 0.4) is 0 Å². The minimum Gasteiger partial charge on any atom is -0.422 e. The van der Waals surface area contributed by atoms with Gasteiger partial charge in [-0.05, 0) is 55.0 Å². The minimum atomic E-state index is -0.412. The second-order valence-electron chi connectivity index (χ2n) is 6.19. The van der Waals surface area contributed by atoms with Gasteiger partial charge in [-0.2, -0.15) is 5.10 Å². The Balaban J connectivity index is 1.94. The predicted molar refractivity (Wildman–Crippen MR) is 117 cm³/mol. The number of rotatable bonds is 5. The number of hydrogen-bond acceptors (Lipinski definition) is 4. The topological polar surface area (TPSA) is 62.7 Å². The Hall–Kier alpha value is -3.25. The fourth-order valence-corrected chi connectivity index (χ4v) is 2.98. The van der Waals surface area contributed by atoms with E-state index in [0.29, 0.717) is 28.5 Å². The number of aryl methyl sites for hydroxylation is 1. The standard InChI is InChI=1S/C22H21N3O2S/c1-3-23-22(28)25-24-14-19-18-10-5-4-8-16(18)11-12-20(19)27-21(26)17-9-6-7-15(2)13-17/h4-14H,3H2,1-2H3,(H2,23,25,28)/b24-14+. The summed E-state index contributed by atoms with van der Waals surface area (Å²) in [6.07, 6.45) is 1.62. The van der Waals surface area contributed by atoms with Crippen molar-refractivity contribution in [2.24, 2.45) is 5.10 Å². The molecular formula is C22H21N3O2S. The third-order valence-corrected chi connectivity index (χ3v) is 4.32. The van der Waals surface area contributed by atoms with Crippen molar-refractivity contribution < 1.29 is 9.53 Å². The quantitative estimate of drug-likeness (QED) is 0.225. The molecule has 6 heteroatoms. The highest BCUT2D eigenvalue weighted by Gasteiger charge is 2.13. The molecule has 0 aliphatic carbocycles. The molecule has 0 radical (unpaired) electrons. The van der Waals surface area contributed by atoms with Crippen LogP contribution < -0.4 is 15.5 Å². The SMILES string of the molecule is CCNC(=S)N/N=C/c1c(OC(=O)c2cccc(C)c2)ccc2ccccc12. The van der Waals surface area contributed by atoms with Crippen LogP contribution in [0.1, 0.15) is 28.4 Å². The van der Waals surface area contributed by atoms with E-state index >= 15 is 0 Å². The van der Waals surface area contributed by atoms with Gasteiger partial charge in [-0.15, -0.1) is 0 Å². The molecule has 3 aromatic rings. The molecule has 0 unspecified atom stereocenters. The molecule has 0 heterocycles. The number of hydrogen-bond donors (Lipinski definition) is 2. The molecule has 142 valence electrons. The first-order valence-electron chi connectivity index (χ1n) is 8.96. The van der Waals surface area contributed by atoms with Crippen LogP contribution in [0.15, 0.2) is 65.8 Å². The van der Waals surface area contributed by atoms with Gasteiger partial charge in [-0.3, -0.25) is 5.43 Å². The maximum atomic E-state index is 12.6. The average Bonchev–Trinajstić information content (AvgIpc) is 2.69. The highest BCUT2D eigenvalue weighted by molar-refractivity contribution is 7.80. The number of carbonyl (C=O) groups is 1. The number of fused-ring (bicyclic) bond motifs is 1. The van der Waals surface area contributed by atoms with Gasteiger partial charge in [0.1, 0.15) is 5.75 Å². The molecule has 0 saturated heterocycles. The lowest BCUT2D eigenvalue weighted by atomic mass is 10.0. The lowest BCUT2D eigenvalue weighted by Gasteiger charge is -2.11. The molecule has 2 N–H and O–H groups in total. The van der Waals surface area contributed by atoms with Crippen LogP contribution in [0.5, 0.6) is 5.75 Å². The van der Waals surface area contributed by atoms with Crippen LogP contribution in [0, 0.1) is 6.92 Å². The van der Waals surface area contributed by atoms with E-state index in [0.717, 1.165) is 16.3 Å². The van der Waals surface area contributed by atoms with Crippen LogP contribution in [0.4, 0.5) is 0 Å². The number of thiocarbonyl (C=S) groups is 1. The van der Waals surface area contributed by atoms with Gasteiger partial charge in [-0.25, -0.2) is 4.79 Å². The fourth-order valence-electron chi connectivity index (χ4n) is 2.78. The predicted octanol–water partition coefficient (Wildman–Crippen LogP) is 4.19. The zero-order chi connectivity index (χ0) is 19.9. The molecule has 0 bridgehead atoms. The van der Waals surface area contributed by atoms with Gasteiger partial charge in [0, 0.05) is 12.1 Å². The molecule has 0 fully saturated rings. The molecule has 0 aromatic heterocycles. The van der Waals surface area contributed by atoms with Gasteiger partial charge < -0.3 is 10.1 Å². The highest BCUT2D eigenvalue weighted by Crippen LogP contribution is 2.27. The van der Waals surface area contributed by atoms with E-state index in [4.69, 9.17) is 17.0 Å². The first-order valence-corrected chi connectivity index (χ1v) is 9.37. The van der Waals surface area contributed by atoms with E-state index in [1.165, 1.54) is 0 Å². The molecule has 0 amide bonds. The first-order chi connectivity index (χ1) is 13.6. The monoisotopic (exact) mass is 391 g/mol. The van der Waals surface area contributed by atoms with Crippen molar-refractivity contribution in [3.8, 4) is 5.75 Å². The average molecular weight is 391 g/mol. The number of benzene rings is 3. The van der Waals surface area contributed by atoms with Gasteiger partial charge >= 0.3 is 5.97 Å². The largest absolute Gasteiger partial charge is 0.422 e. The van der Waals surface area contributed by atoms with Crippen LogP contribution >= 0.6 is 12.2 Å². The lowest BCUT2D eigenvalue weighted by Crippen LogP contribution is -2.31. The number of nitrogens with zero attached hydrogens (tertiary/aromatic N) is 1. The van der Waals surface area contributed by atoms with Crippen LogP contribution in [-0.2, 0) is 0 Å². The van der Waals surface area contributed by atoms with Gasteiger partial charge in [0.25, 0.3) is 0 Å². The van der Waals surface area contributed by atoms with Crippen molar-refractivity contribution in [2.75, 3.05) is 6.54 Å². The van der Waals surface area contributed by atoms with Gasteiger partial charge in [-0.1, -0.05) is 48.0 Å². The summed E-state index contributed by atoms with van der Waals surface area (Å²) in [5.41, 5.74) is 4.96. The maximum Gasteiger partial charge on any atom is 0.343 e. The van der Waals surface area contributed by atoms with Gasteiger partial charge in [0.2, 0.25) is 0 Å². The summed E-state index contributed by atoms with van der Waals surface area (Å²) in [5, 5.41) is 9.54. The summed E-state index contributed by atoms with van der Waals surface area (Å²) < 4.78 is 5.69. The van der Waals surface area contributed by atoms with Crippen molar-refractivity contribution in [3.63, 3.8) is 0 Å². The molecule has 0 saturated carbocycles. The number of ether oxygens (including phenoxy) is 1. The second kappa shape index (κ2) is 9.10. The number of esters is 1. The molecule has 3 aromatic carbocycles. The third kappa shape index (κ3) is 4.72. The van der Waals surface area contributed by atoms with Crippen molar-refractivity contribution in [1.29, 1.82) is 0 Å².